The summed E-state index contributed by atoms with van der Waals surface area (Å²) in [5.74, 6) is 0.727. The molecule has 0 aromatic carbocycles. The Bertz CT molecular complexity index is 405. The predicted molar refractivity (Wildman–Crippen MR) is 70.5 cm³/mol. The minimum Gasteiger partial charge on any atom is -0.335 e. The molecule has 2 heterocycles. The van der Waals surface area contributed by atoms with Crippen LogP contribution in [0.25, 0.3) is 0 Å². The maximum absolute atomic E-state index is 12.2. The van der Waals surface area contributed by atoms with Crippen molar-refractivity contribution < 1.29 is 4.79 Å². The lowest BCUT2D eigenvalue weighted by molar-refractivity contribution is 0.0618. The van der Waals surface area contributed by atoms with Crippen LogP contribution in [0.5, 0.6) is 0 Å². The fourth-order valence-corrected chi connectivity index (χ4v) is 2.34. The third-order valence-electron chi connectivity index (χ3n) is 3.21. The average molecular weight is 250 g/mol. The van der Waals surface area contributed by atoms with Crippen LogP contribution in [0.4, 0.5) is 0 Å². The largest absolute Gasteiger partial charge is 0.335 e. The summed E-state index contributed by atoms with van der Waals surface area (Å²) in [7, 11) is 0. The van der Waals surface area contributed by atoms with Crippen LogP contribution in [0.3, 0.4) is 0 Å². The number of hydrogen-bond donors (Lipinski definition) is 1. The third kappa shape index (κ3) is 3.10. The number of piperazine rings is 1. The molecule has 0 saturated carbocycles. The smallest absolute Gasteiger partial charge is 0.274 e. The second-order valence-electron chi connectivity index (χ2n) is 5.42. The highest BCUT2D eigenvalue weighted by Gasteiger charge is 2.23. The van der Waals surface area contributed by atoms with Gasteiger partial charge in [0.2, 0.25) is 0 Å². The topological polar surface area (TPSA) is 52.2 Å². The Morgan fingerprint density at radius 3 is 2.56 bits per heavy atom. The zero-order chi connectivity index (χ0) is 13.1. The summed E-state index contributed by atoms with van der Waals surface area (Å²) in [6, 6.07) is 1.81. The summed E-state index contributed by atoms with van der Waals surface area (Å²) in [6.45, 7) is 11.0. The lowest BCUT2D eigenvalue weighted by Gasteiger charge is -2.35. The van der Waals surface area contributed by atoms with E-state index in [1.807, 2.05) is 17.9 Å². The Labute approximate surface area is 108 Å². The number of carbonyl (C=O) groups is 1. The van der Waals surface area contributed by atoms with Crippen molar-refractivity contribution in [3.8, 4) is 0 Å². The van der Waals surface area contributed by atoms with Gasteiger partial charge in [-0.05, 0) is 18.9 Å². The van der Waals surface area contributed by atoms with Crippen LogP contribution in [0.1, 0.15) is 30.0 Å². The first-order valence-electron chi connectivity index (χ1n) is 6.60. The molecule has 1 aromatic heterocycles. The molecule has 2 rings (SSSR count). The van der Waals surface area contributed by atoms with Gasteiger partial charge in [0.25, 0.3) is 5.91 Å². The molecule has 0 aliphatic carbocycles. The van der Waals surface area contributed by atoms with Gasteiger partial charge in [-0.25, -0.2) is 0 Å². The van der Waals surface area contributed by atoms with Crippen molar-refractivity contribution >= 4 is 5.91 Å². The number of hydrogen-bond acceptors (Lipinski definition) is 3. The Hall–Kier alpha value is -1.36. The Morgan fingerprint density at radius 2 is 2.06 bits per heavy atom. The molecule has 100 valence electrons. The molecule has 1 aliphatic heterocycles. The summed E-state index contributed by atoms with van der Waals surface area (Å²) < 4.78 is 0. The minimum absolute atomic E-state index is 0.0450. The number of aromatic nitrogens is 2. The fourth-order valence-electron chi connectivity index (χ4n) is 2.34. The Balaban J connectivity index is 1.88. The van der Waals surface area contributed by atoms with Crippen LogP contribution < -0.4 is 0 Å². The lowest BCUT2D eigenvalue weighted by Crippen LogP contribution is -2.49. The molecule has 1 aliphatic rings. The van der Waals surface area contributed by atoms with Gasteiger partial charge in [0, 0.05) is 38.4 Å². The number of rotatable bonds is 3. The molecular formula is C13H22N4O. The van der Waals surface area contributed by atoms with E-state index in [-0.39, 0.29) is 5.91 Å². The number of nitrogens with one attached hydrogen (secondary N) is 1. The van der Waals surface area contributed by atoms with Crippen molar-refractivity contribution in [1.82, 2.24) is 20.0 Å². The predicted octanol–water partition coefficient (Wildman–Crippen LogP) is 1.13. The second kappa shape index (κ2) is 5.52. The molecule has 1 saturated heterocycles. The maximum atomic E-state index is 12.2. The van der Waals surface area contributed by atoms with E-state index in [1.54, 1.807) is 0 Å². The van der Waals surface area contributed by atoms with Gasteiger partial charge >= 0.3 is 0 Å². The van der Waals surface area contributed by atoms with Crippen molar-refractivity contribution in [2.75, 3.05) is 32.7 Å². The van der Waals surface area contributed by atoms with E-state index < -0.39 is 0 Å². The lowest BCUT2D eigenvalue weighted by atomic mass is 10.2. The van der Waals surface area contributed by atoms with Gasteiger partial charge in [0.15, 0.2) is 0 Å². The van der Waals surface area contributed by atoms with E-state index in [9.17, 15) is 4.79 Å². The van der Waals surface area contributed by atoms with E-state index in [0.717, 1.165) is 38.4 Å². The minimum atomic E-state index is 0.0450. The van der Waals surface area contributed by atoms with Crippen molar-refractivity contribution in [3.05, 3.63) is 17.5 Å². The SMILES string of the molecule is Cc1cc(C(=O)N2CCN(CC(C)C)CC2)n[nH]1. The number of carbonyl (C=O) groups excluding carboxylic acids is 1. The summed E-state index contributed by atoms with van der Waals surface area (Å²) in [5.41, 5.74) is 1.46. The summed E-state index contributed by atoms with van der Waals surface area (Å²) in [4.78, 5) is 16.5. The van der Waals surface area contributed by atoms with E-state index in [1.165, 1.54) is 0 Å². The van der Waals surface area contributed by atoms with Gasteiger partial charge in [-0.3, -0.25) is 14.8 Å². The van der Waals surface area contributed by atoms with Crippen LogP contribution in [0.2, 0.25) is 0 Å². The van der Waals surface area contributed by atoms with E-state index >= 15 is 0 Å². The molecule has 5 heteroatoms. The molecular weight excluding hydrogens is 228 g/mol. The molecule has 1 fully saturated rings. The molecule has 18 heavy (non-hydrogen) atoms. The molecule has 5 nitrogen and oxygen atoms in total. The standard InChI is InChI=1S/C13H22N4O/c1-10(2)9-16-4-6-17(7-5-16)13(18)12-8-11(3)14-15-12/h8,10H,4-7,9H2,1-3H3,(H,14,15). The van der Waals surface area contributed by atoms with E-state index in [2.05, 4.69) is 28.9 Å². The second-order valence-corrected chi connectivity index (χ2v) is 5.42. The van der Waals surface area contributed by atoms with Gasteiger partial charge in [0.1, 0.15) is 5.69 Å². The first kappa shape index (κ1) is 13.1. The van der Waals surface area contributed by atoms with Gasteiger partial charge in [0.05, 0.1) is 0 Å². The highest BCUT2D eigenvalue weighted by atomic mass is 16.2. The van der Waals surface area contributed by atoms with Crippen LogP contribution in [0.15, 0.2) is 6.07 Å². The summed E-state index contributed by atoms with van der Waals surface area (Å²) in [6.07, 6.45) is 0. The molecule has 0 unspecified atom stereocenters. The number of aryl methyl sites for hydroxylation is 1. The normalized spacial score (nSPS) is 17.4. The van der Waals surface area contributed by atoms with Crippen LogP contribution in [-0.4, -0.2) is 58.6 Å². The Morgan fingerprint density at radius 1 is 1.39 bits per heavy atom. The zero-order valence-corrected chi connectivity index (χ0v) is 11.4. The van der Waals surface area contributed by atoms with Gasteiger partial charge in [-0.15, -0.1) is 0 Å². The first-order valence-corrected chi connectivity index (χ1v) is 6.60. The number of amides is 1. The highest BCUT2D eigenvalue weighted by Crippen LogP contribution is 2.09. The maximum Gasteiger partial charge on any atom is 0.274 e. The highest BCUT2D eigenvalue weighted by molar-refractivity contribution is 5.92. The third-order valence-corrected chi connectivity index (χ3v) is 3.21. The Kier molecular flexibility index (Phi) is 4.01. The monoisotopic (exact) mass is 250 g/mol. The molecule has 1 N–H and O–H groups in total. The fraction of sp³-hybridized carbons (Fsp3) is 0.692. The van der Waals surface area contributed by atoms with Crippen molar-refractivity contribution in [1.29, 1.82) is 0 Å². The van der Waals surface area contributed by atoms with Crippen LogP contribution in [-0.2, 0) is 0 Å². The number of nitrogens with zero attached hydrogens (tertiary/aromatic N) is 3. The average Bonchev–Trinajstić information content (AvgIpc) is 2.75. The number of H-pyrrole nitrogens is 1. The molecule has 0 radical (unpaired) electrons. The van der Waals surface area contributed by atoms with E-state index in [4.69, 9.17) is 0 Å². The van der Waals surface area contributed by atoms with Crippen molar-refractivity contribution in [3.63, 3.8) is 0 Å². The van der Waals surface area contributed by atoms with Gasteiger partial charge in [-0.2, -0.15) is 5.10 Å². The molecule has 1 aromatic rings. The first-order chi connectivity index (χ1) is 8.56. The van der Waals surface area contributed by atoms with Crippen molar-refractivity contribution in [2.24, 2.45) is 5.92 Å². The van der Waals surface area contributed by atoms with Crippen LogP contribution >= 0.6 is 0 Å². The summed E-state index contributed by atoms with van der Waals surface area (Å²) >= 11 is 0. The quantitative estimate of drug-likeness (QED) is 0.875. The van der Waals surface area contributed by atoms with Gasteiger partial charge in [-0.1, -0.05) is 13.8 Å². The molecule has 0 bridgehead atoms. The number of aromatic amines is 1. The van der Waals surface area contributed by atoms with E-state index in [0.29, 0.717) is 11.6 Å². The molecule has 1 amide bonds. The van der Waals surface area contributed by atoms with Crippen LogP contribution in [0, 0.1) is 12.8 Å². The molecule has 0 spiro atoms. The molecule has 0 atom stereocenters. The summed E-state index contributed by atoms with van der Waals surface area (Å²) in [5, 5.41) is 6.84. The zero-order valence-electron chi connectivity index (χ0n) is 11.4. The van der Waals surface area contributed by atoms with Gasteiger partial charge < -0.3 is 4.90 Å². The van der Waals surface area contributed by atoms with Crippen molar-refractivity contribution in [2.45, 2.75) is 20.8 Å².